The number of fused-ring (bicyclic) bond motifs is 2. The molecule has 3 aromatic rings. The molecule has 1 aliphatic heterocycles. The number of pyridine rings is 1. The minimum absolute atomic E-state index is 0.0763. The Balaban J connectivity index is 1.10. The Hall–Kier alpha value is -3.30. The molecule has 3 aromatic heterocycles. The lowest BCUT2D eigenvalue weighted by Crippen LogP contribution is -2.28. The van der Waals surface area contributed by atoms with Crippen LogP contribution in [0.15, 0.2) is 30.9 Å². The van der Waals surface area contributed by atoms with Crippen molar-refractivity contribution < 1.29 is 13.6 Å². The zero-order valence-corrected chi connectivity index (χ0v) is 18.5. The van der Waals surface area contributed by atoms with Crippen LogP contribution in [-0.2, 0) is 20.0 Å². The fraction of sp³-hybridized carbons (Fsp3) is 0.478. The Labute approximate surface area is 189 Å². The summed E-state index contributed by atoms with van der Waals surface area (Å²) >= 11 is 0. The molecule has 0 bridgehead atoms. The summed E-state index contributed by atoms with van der Waals surface area (Å²) < 4.78 is 30.6. The van der Waals surface area contributed by atoms with Crippen LogP contribution in [0.2, 0.25) is 0 Å². The third-order valence-corrected chi connectivity index (χ3v) is 7.33. The first kappa shape index (κ1) is 20.3. The molecule has 3 atom stereocenters. The van der Waals surface area contributed by atoms with Crippen LogP contribution in [0.4, 0.5) is 14.6 Å². The zero-order valence-electron chi connectivity index (χ0n) is 18.5. The third-order valence-electron chi connectivity index (χ3n) is 7.33. The van der Waals surface area contributed by atoms with E-state index in [2.05, 4.69) is 20.4 Å². The second-order valence-corrected chi connectivity index (χ2v) is 9.39. The summed E-state index contributed by atoms with van der Waals surface area (Å²) in [6, 6.07) is 3.77. The van der Waals surface area contributed by atoms with Gasteiger partial charge in [-0.1, -0.05) is 6.07 Å². The van der Waals surface area contributed by atoms with Crippen LogP contribution < -0.4 is 10.2 Å². The average molecular weight is 453 g/mol. The number of nitrogens with one attached hydrogen (secondary N) is 1. The van der Waals surface area contributed by atoms with Crippen LogP contribution in [0.3, 0.4) is 0 Å². The molecule has 10 heteroatoms. The van der Waals surface area contributed by atoms with Crippen molar-refractivity contribution in [2.75, 3.05) is 18.0 Å². The second kappa shape index (κ2) is 7.10. The Bertz CT molecular complexity index is 1240. The summed E-state index contributed by atoms with van der Waals surface area (Å²) in [5.74, 6) is -2.97. The van der Waals surface area contributed by atoms with Gasteiger partial charge in [0.05, 0.1) is 48.2 Å². The van der Waals surface area contributed by atoms with E-state index in [0.717, 1.165) is 35.6 Å². The second-order valence-electron chi connectivity index (χ2n) is 9.39. The maximum absolute atomic E-state index is 13.5. The quantitative estimate of drug-likeness (QED) is 0.642. The van der Waals surface area contributed by atoms with Crippen LogP contribution in [0, 0.1) is 18.8 Å². The molecule has 2 unspecified atom stereocenters. The van der Waals surface area contributed by atoms with E-state index in [1.807, 2.05) is 35.6 Å². The van der Waals surface area contributed by atoms with Gasteiger partial charge in [0, 0.05) is 37.7 Å². The maximum Gasteiger partial charge on any atom is 0.258 e. The molecule has 1 saturated heterocycles. The molecule has 4 heterocycles. The van der Waals surface area contributed by atoms with E-state index in [-0.39, 0.29) is 11.9 Å². The van der Waals surface area contributed by atoms with Gasteiger partial charge in [-0.3, -0.25) is 9.48 Å². The average Bonchev–Trinajstić information content (AvgIpc) is 3.41. The van der Waals surface area contributed by atoms with Crippen molar-refractivity contribution in [1.82, 2.24) is 29.6 Å². The van der Waals surface area contributed by atoms with Crippen LogP contribution in [0.25, 0.3) is 0 Å². The highest BCUT2D eigenvalue weighted by Gasteiger charge is 2.71. The number of piperidine rings is 1. The Morgan fingerprint density at radius 1 is 1.27 bits per heavy atom. The number of halogens is 2. The first-order valence-electron chi connectivity index (χ1n) is 11.2. The van der Waals surface area contributed by atoms with Gasteiger partial charge in [-0.25, -0.2) is 18.7 Å². The molecule has 1 saturated carbocycles. The predicted octanol–water partition coefficient (Wildman–Crippen LogP) is 2.49. The number of rotatable bonds is 5. The van der Waals surface area contributed by atoms with Crippen LogP contribution in [0.5, 0.6) is 0 Å². The number of alkyl halides is 2. The number of carbonyl (C=O) groups is 1. The van der Waals surface area contributed by atoms with Crippen LogP contribution in [-0.4, -0.2) is 49.2 Å². The number of nitrogens with zero attached hydrogens (tertiary/aromatic N) is 6. The minimum atomic E-state index is -2.49. The lowest BCUT2D eigenvalue weighted by molar-refractivity contribution is 0.0796. The highest BCUT2D eigenvalue weighted by molar-refractivity contribution is 5.94. The molecule has 1 N–H and O–H groups in total. The number of aryl methyl sites for hydroxylation is 2. The molecule has 3 aliphatic rings. The molecule has 0 radical (unpaired) electrons. The fourth-order valence-corrected chi connectivity index (χ4v) is 5.23. The first-order valence-corrected chi connectivity index (χ1v) is 11.2. The number of amides is 1. The highest BCUT2D eigenvalue weighted by atomic mass is 19.3. The molecule has 33 heavy (non-hydrogen) atoms. The van der Waals surface area contributed by atoms with E-state index in [4.69, 9.17) is 0 Å². The number of aromatic nitrogens is 5. The van der Waals surface area contributed by atoms with Crippen molar-refractivity contribution in [2.45, 2.75) is 38.3 Å². The van der Waals surface area contributed by atoms with E-state index in [9.17, 15) is 13.6 Å². The monoisotopic (exact) mass is 453 g/mol. The molecule has 2 fully saturated rings. The lowest BCUT2D eigenvalue weighted by Gasteiger charge is -2.21. The van der Waals surface area contributed by atoms with Gasteiger partial charge in [0.1, 0.15) is 5.82 Å². The van der Waals surface area contributed by atoms with E-state index in [0.29, 0.717) is 25.2 Å². The zero-order chi connectivity index (χ0) is 22.9. The molecule has 0 aromatic carbocycles. The van der Waals surface area contributed by atoms with Crippen LogP contribution in [0.1, 0.15) is 45.5 Å². The van der Waals surface area contributed by atoms with Gasteiger partial charge in [-0.15, -0.1) is 0 Å². The number of carbonyl (C=O) groups excluding carboxylic acids is 1. The first-order chi connectivity index (χ1) is 15.8. The smallest absolute Gasteiger partial charge is 0.258 e. The van der Waals surface area contributed by atoms with Gasteiger partial charge < -0.3 is 14.8 Å². The largest absolute Gasteiger partial charge is 0.356 e. The summed E-state index contributed by atoms with van der Waals surface area (Å²) in [6.07, 6.45) is 6.83. The Morgan fingerprint density at radius 3 is 2.82 bits per heavy atom. The van der Waals surface area contributed by atoms with E-state index < -0.39 is 17.8 Å². The minimum Gasteiger partial charge on any atom is -0.356 e. The summed E-state index contributed by atoms with van der Waals surface area (Å²) in [5, 5.41) is 7.41. The van der Waals surface area contributed by atoms with Crippen molar-refractivity contribution in [2.24, 2.45) is 18.9 Å². The number of anilines is 1. The molecule has 8 nitrogen and oxygen atoms in total. The number of imidazole rings is 1. The van der Waals surface area contributed by atoms with Gasteiger partial charge in [0.2, 0.25) is 0 Å². The fourth-order valence-electron chi connectivity index (χ4n) is 5.23. The van der Waals surface area contributed by atoms with Crippen LogP contribution >= 0.6 is 0 Å². The standard InChI is InChI=1S/C23H25F2N7O/c1-13-14(3-6-20(28-13)31-10-16-17(11-31)23(16,24)25)8-32-9-15(7-27-32)22(33)29-18-4-5-19-21(18)26-12-30(19)2/h3,6-7,9,12,16-18H,4-5,8,10-11H2,1-2H3,(H,29,33)/t16?,17?,18-/m1/s1. The van der Waals surface area contributed by atoms with E-state index in [1.54, 1.807) is 23.4 Å². The normalized spacial score (nSPS) is 24.6. The summed E-state index contributed by atoms with van der Waals surface area (Å²) in [5.41, 5.74) is 4.41. The van der Waals surface area contributed by atoms with Gasteiger partial charge in [0.15, 0.2) is 0 Å². The van der Waals surface area contributed by atoms with E-state index >= 15 is 0 Å². The van der Waals surface area contributed by atoms with Crippen molar-refractivity contribution in [3.05, 3.63) is 59.1 Å². The highest BCUT2D eigenvalue weighted by Crippen LogP contribution is 2.59. The topological polar surface area (TPSA) is 80.9 Å². The Morgan fingerprint density at radius 2 is 2.06 bits per heavy atom. The summed E-state index contributed by atoms with van der Waals surface area (Å²) in [6.45, 7) is 3.11. The molecule has 0 spiro atoms. The molecule has 2 aliphatic carbocycles. The Kier molecular flexibility index (Phi) is 4.37. The van der Waals surface area contributed by atoms with Crippen molar-refractivity contribution >= 4 is 11.7 Å². The molecule has 172 valence electrons. The predicted molar refractivity (Wildman–Crippen MR) is 116 cm³/mol. The third kappa shape index (κ3) is 3.30. The summed E-state index contributed by atoms with van der Waals surface area (Å²) in [7, 11) is 1.97. The maximum atomic E-state index is 13.5. The number of hydrogen-bond acceptors (Lipinski definition) is 5. The van der Waals surface area contributed by atoms with E-state index in [1.165, 1.54) is 5.69 Å². The van der Waals surface area contributed by atoms with Gasteiger partial charge in [0.25, 0.3) is 11.8 Å². The van der Waals surface area contributed by atoms with Crippen molar-refractivity contribution in [3.8, 4) is 0 Å². The number of hydrogen-bond donors (Lipinski definition) is 1. The molecule has 1 amide bonds. The van der Waals surface area contributed by atoms with Gasteiger partial charge in [-0.05, 0) is 31.4 Å². The summed E-state index contributed by atoms with van der Waals surface area (Å²) in [4.78, 5) is 23.8. The SMILES string of the molecule is Cc1nc(N2CC3C(C2)C3(F)F)ccc1Cn1cc(C(=O)N[C@@H]2CCc3c2ncn3C)cn1. The molecule has 6 rings (SSSR count). The molecular weight excluding hydrogens is 428 g/mol. The molecular formula is C23H25F2N7O. The van der Waals surface area contributed by atoms with Gasteiger partial charge in [-0.2, -0.15) is 5.10 Å². The van der Waals surface area contributed by atoms with Crippen molar-refractivity contribution in [3.63, 3.8) is 0 Å². The van der Waals surface area contributed by atoms with Crippen molar-refractivity contribution in [1.29, 1.82) is 0 Å². The lowest BCUT2D eigenvalue weighted by atomic mass is 10.2. The van der Waals surface area contributed by atoms with Gasteiger partial charge >= 0.3 is 0 Å².